The van der Waals surface area contributed by atoms with Gasteiger partial charge in [0.2, 0.25) is 6.29 Å². The first-order chi connectivity index (χ1) is 31.8. The molecule has 13 N–H and O–H groups in total. The highest BCUT2D eigenvalue weighted by molar-refractivity contribution is 5.79. The molecule has 3 saturated heterocycles. The number of hydrogen-bond donors (Lipinski definition) is 13. The van der Waals surface area contributed by atoms with E-state index in [1.54, 1.807) is 0 Å². The standard InChI is InChI=1S/C48H78O20/c1-43(2)11-13-48(42(62)68-41-35(60)32(57)30(55)25(18-50)64-41)14-12-46(5)21(22(48)15-43)7-8-28-44(3)16-23(53)38(45(4,20-52)27(44)9-10-47(28,46)6)67-40-36(61)33(58)37(26(19-51)65-40)66-39-34(59)31(56)29(54)24(17-49)63-39/h7,22-41,49-61H,8-20H2,1-6H3. The molecular weight excluding hydrogens is 897 g/mol. The van der Waals surface area contributed by atoms with Crippen LogP contribution in [0.3, 0.4) is 0 Å². The zero-order chi connectivity index (χ0) is 49.8. The Kier molecular flexibility index (Phi) is 14.6. The van der Waals surface area contributed by atoms with E-state index in [1.807, 2.05) is 6.92 Å². The summed E-state index contributed by atoms with van der Waals surface area (Å²) >= 11 is 0. The molecule has 25 unspecified atom stereocenters. The molecule has 0 aromatic heterocycles. The van der Waals surface area contributed by atoms with Crippen LogP contribution < -0.4 is 0 Å². The van der Waals surface area contributed by atoms with Crippen molar-refractivity contribution in [3.05, 3.63) is 11.6 Å². The highest BCUT2D eigenvalue weighted by atomic mass is 16.7. The second-order valence-electron chi connectivity index (χ2n) is 23.5. The van der Waals surface area contributed by atoms with Gasteiger partial charge in [-0.1, -0.05) is 53.2 Å². The fourth-order valence-corrected chi connectivity index (χ4v) is 15.2. The van der Waals surface area contributed by atoms with E-state index in [9.17, 15) is 71.2 Å². The SMILES string of the molecule is CC1(C)CCC2(C(=O)OC3OC(CO)C(O)C(O)C3O)CCC3(C)C(=CCC4C5(C)CC(O)C(OC6OC(CO)C(OC7OC(CO)C(O)C(O)C7O)C(O)C6O)C(C)(CO)C5CCC43C)C2C1. The summed E-state index contributed by atoms with van der Waals surface area (Å²) in [6, 6.07) is 0. The Labute approximate surface area is 396 Å². The summed E-state index contributed by atoms with van der Waals surface area (Å²) < 4.78 is 35.2. The van der Waals surface area contributed by atoms with E-state index in [-0.39, 0.29) is 35.0 Å². The Balaban J connectivity index is 1.03. The lowest BCUT2D eigenvalue weighted by atomic mass is 9.33. The Morgan fingerprint density at radius 2 is 1.16 bits per heavy atom. The van der Waals surface area contributed by atoms with Gasteiger partial charge in [-0.25, -0.2) is 0 Å². The highest BCUT2D eigenvalue weighted by Crippen LogP contribution is 2.76. The number of carbonyl (C=O) groups is 1. The van der Waals surface area contributed by atoms with Crippen molar-refractivity contribution in [2.45, 2.75) is 204 Å². The summed E-state index contributed by atoms with van der Waals surface area (Å²) in [6.07, 6.45) is -19.2. The van der Waals surface area contributed by atoms with E-state index >= 15 is 0 Å². The van der Waals surface area contributed by atoms with Gasteiger partial charge in [0.05, 0.1) is 44.1 Å². The van der Waals surface area contributed by atoms with Gasteiger partial charge in [0, 0.05) is 5.41 Å². The first-order valence-corrected chi connectivity index (χ1v) is 24.6. The largest absolute Gasteiger partial charge is 0.432 e. The molecule has 0 bridgehead atoms. The summed E-state index contributed by atoms with van der Waals surface area (Å²) in [6.45, 7) is 10.4. The first-order valence-electron chi connectivity index (χ1n) is 24.6. The molecule has 5 aliphatic carbocycles. The number of aliphatic hydroxyl groups is 13. The maximum atomic E-state index is 14.7. The lowest BCUT2D eigenvalue weighted by Gasteiger charge is -2.72. The van der Waals surface area contributed by atoms with Crippen molar-refractivity contribution in [2.24, 2.45) is 50.2 Å². The van der Waals surface area contributed by atoms with Gasteiger partial charge in [0.25, 0.3) is 0 Å². The summed E-state index contributed by atoms with van der Waals surface area (Å²) in [5, 5.41) is 139. The molecule has 20 heteroatoms. The van der Waals surface area contributed by atoms with Gasteiger partial charge in [0.1, 0.15) is 73.2 Å². The van der Waals surface area contributed by atoms with Crippen LogP contribution in [0.5, 0.6) is 0 Å². The number of aliphatic hydroxyl groups excluding tert-OH is 13. The third-order valence-electron chi connectivity index (χ3n) is 19.4. The van der Waals surface area contributed by atoms with Gasteiger partial charge in [-0.3, -0.25) is 4.79 Å². The van der Waals surface area contributed by atoms with Crippen molar-refractivity contribution >= 4 is 5.97 Å². The third-order valence-corrected chi connectivity index (χ3v) is 19.4. The lowest BCUT2D eigenvalue weighted by Crippen LogP contribution is -2.70. The minimum Gasteiger partial charge on any atom is -0.432 e. The maximum Gasteiger partial charge on any atom is 0.315 e. The number of allylic oxidation sites excluding steroid dienone is 2. The topological polar surface area (TPSA) is 335 Å². The van der Waals surface area contributed by atoms with Crippen LogP contribution in [-0.4, -0.2) is 203 Å². The first kappa shape index (κ1) is 52.8. The molecule has 68 heavy (non-hydrogen) atoms. The molecule has 20 nitrogen and oxygen atoms in total. The Bertz CT molecular complexity index is 1850. The van der Waals surface area contributed by atoms with Crippen LogP contribution in [-0.2, 0) is 33.2 Å². The summed E-state index contributed by atoms with van der Waals surface area (Å²) in [7, 11) is 0. The quantitative estimate of drug-likeness (QED) is 0.0645. The molecule has 7 fully saturated rings. The third kappa shape index (κ3) is 8.07. The number of fused-ring (bicyclic) bond motifs is 7. The van der Waals surface area contributed by atoms with Gasteiger partial charge >= 0.3 is 5.97 Å². The molecule has 3 heterocycles. The smallest absolute Gasteiger partial charge is 0.315 e. The van der Waals surface area contributed by atoms with E-state index in [4.69, 9.17) is 28.4 Å². The van der Waals surface area contributed by atoms with Crippen molar-refractivity contribution in [1.29, 1.82) is 0 Å². The van der Waals surface area contributed by atoms with Crippen molar-refractivity contribution in [1.82, 2.24) is 0 Å². The van der Waals surface area contributed by atoms with E-state index in [0.717, 1.165) is 12.8 Å². The van der Waals surface area contributed by atoms with Crippen LogP contribution in [0.1, 0.15) is 99.3 Å². The number of rotatable bonds is 10. The lowest BCUT2D eigenvalue weighted by molar-refractivity contribution is -0.374. The molecular formula is C48H78O20. The van der Waals surface area contributed by atoms with Crippen LogP contribution in [0, 0.1) is 50.2 Å². The summed E-state index contributed by atoms with van der Waals surface area (Å²) in [5.74, 6) is -1.01. The van der Waals surface area contributed by atoms with Crippen LogP contribution in [0.25, 0.3) is 0 Å². The van der Waals surface area contributed by atoms with E-state index < -0.39 is 158 Å². The molecule has 3 aliphatic heterocycles. The number of esters is 1. The second kappa shape index (κ2) is 18.8. The van der Waals surface area contributed by atoms with Gasteiger partial charge in [-0.15, -0.1) is 0 Å². The minimum absolute atomic E-state index is 0.00779. The van der Waals surface area contributed by atoms with Crippen LogP contribution in [0.4, 0.5) is 0 Å². The normalized spacial score (nSPS) is 54.6. The number of ether oxygens (including phenoxy) is 6. The van der Waals surface area contributed by atoms with Crippen molar-refractivity contribution in [3.8, 4) is 0 Å². The van der Waals surface area contributed by atoms with Crippen LogP contribution in [0.15, 0.2) is 11.6 Å². The molecule has 8 rings (SSSR count). The molecule has 0 aromatic rings. The number of carbonyl (C=O) groups excluding carboxylic acids is 1. The van der Waals surface area contributed by atoms with Crippen molar-refractivity contribution in [3.63, 3.8) is 0 Å². The predicted molar refractivity (Wildman–Crippen MR) is 233 cm³/mol. The van der Waals surface area contributed by atoms with Crippen molar-refractivity contribution < 1.29 is 99.6 Å². The van der Waals surface area contributed by atoms with Gasteiger partial charge in [-0.2, -0.15) is 0 Å². The molecule has 0 spiro atoms. The predicted octanol–water partition coefficient (Wildman–Crippen LogP) is -1.92. The van der Waals surface area contributed by atoms with E-state index in [2.05, 4.69) is 40.7 Å². The average molecular weight is 975 g/mol. The van der Waals surface area contributed by atoms with Gasteiger partial charge in [-0.05, 0) is 97.2 Å². The molecule has 8 aliphatic rings. The van der Waals surface area contributed by atoms with Crippen LogP contribution >= 0.6 is 0 Å². The van der Waals surface area contributed by atoms with Gasteiger partial charge in [0.15, 0.2) is 12.6 Å². The fraction of sp³-hybridized carbons (Fsp3) is 0.938. The molecule has 25 atom stereocenters. The average Bonchev–Trinajstić information content (AvgIpc) is 3.29. The molecule has 0 aromatic carbocycles. The van der Waals surface area contributed by atoms with Crippen molar-refractivity contribution in [2.75, 3.05) is 26.4 Å². The monoisotopic (exact) mass is 975 g/mol. The Morgan fingerprint density at radius 1 is 0.618 bits per heavy atom. The molecule has 4 saturated carbocycles. The summed E-state index contributed by atoms with van der Waals surface area (Å²) in [5.41, 5.74) is -2.35. The molecule has 0 radical (unpaired) electrons. The molecule has 390 valence electrons. The Morgan fingerprint density at radius 3 is 1.76 bits per heavy atom. The molecule has 0 amide bonds. The van der Waals surface area contributed by atoms with E-state index in [0.29, 0.717) is 38.5 Å². The maximum absolute atomic E-state index is 14.7. The van der Waals surface area contributed by atoms with E-state index in [1.165, 1.54) is 5.57 Å². The summed E-state index contributed by atoms with van der Waals surface area (Å²) in [4.78, 5) is 14.7. The zero-order valence-corrected chi connectivity index (χ0v) is 40.0. The minimum atomic E-state index is -1.84. The van der Waals surface area contributed by atoms with Crippen LogP contribution in [0.2, 0.25) is 0 Å². The second-order valence-corrected chi connectivity index (χ2v) is 23.5. The Hall–Kier alpha value is -1.51. The van der Waals surface area contributed by atoms with Gasteiger partial charge < -0.3 is 94.8 Å². The number of hydrogen-bond acceptors (Lipinski definition) is 20. The highest BCUT2D eigenvalue weighted by Gasteiger charge is 2.71. The fourth-order valence-electron chi connectivity index (χ4n) is 15.2. The zero-order valence-electron chi connectivity index (χ0n) is 40.0.